The van der Waals surface area contributed by atoms with Crippen LogP contribution >= 0.6 is 23.2 Å². The van der Waals surface area contributed by atoms with Crippen molar-refractivity contribution in [1.29, 1.82) is 0 Å². The zero-order chi connectivity index (χ0) is 13.5. The van der Waals surface area contributed by atoms with Gasteiger partial charge in [-0.25, -0.2) is 4.79 Å². The van der Waals surface area contributed by atoms with Crippen molar-refractivity contribution >= 4 is 29.0 Å². The molecule has 0 aliphatic carbocycles. The molecule has 2 heterocycles. The minimum Gasteiger partial charge on any atom is -0.394 e. The van der Waals surface area contributed by atoms with Gasteiger partial charge in [0.15, 0.2) is 10.6 Å². The molecule has 1 aliphatic heterocycles. The number of anilines is 1. The summed E-state index contributed by atoms with van der Waals surface area (Å²) >= 11 is 11.9. The topological polar surface area (TPSA) is 111 Å². The van der Waals surface area contributed by atoms with Gasteiger partial charge in [0.25, 0.3) is 0 Å². The lowest BCUT2D eigenvalue weighted by molar-refractivity contribution is -0.0461. The summed E-state index contributed by atoms with van der Waals surface area (Å²) in [5.74, 6) is 0.0447. The van der Waals surface area contributed by atoms with Gasteiger partial charge in [0, 0.05) is 6.20 Å². The van der Waals surface area contributed by atoms with E-state index in [-0.39, 0.29) is 5.82 Å². The Labute approximate surface area is 112 Å². The summed E-state index contributed by atoms with van der Waals surface area (Å²) < 4.78 is 4.50. The molecule has 100 valence electrons. The zero-order valence-corrected chi connectivity index (χ0v) is 10.5. The molecule has 0 bridgehead atoms. The van der Waals surface area contributed by atoms with Gasteiger partial charge in [-0.1, -0.05) is 23.2 Å². The molecule has 2 rings (SSSR count). The van der Waals surface area contributed by atoms with Gasteiger partial charge in [0.1, 0.15) is 18.0 Å². The number of nitrogens with two attached hydrogens (primary N) is 1. The Morgan fingerprint density at radius 2 is 2.28 bits per heavy atom. The third-order valence-electron chi connectivity index (χ3n) is 2.66. The summed E-state index contributed by atoms with van der Waals surface area (Å²) in [6.45, 7) is -0.476. The number of halogens is 2. The third kappa shape index (κ3) is 2.08. The maximum atomic E-state index is 11.6. The van der Waals surface area contributed by atoms with Crippen LogP contribution in [0.3, 0.4) is 0 Å². The van der Waals surface area contributed by atoms with E-state index in [4.69, 9.17) is 38.8 Å². The monoisotopic (exact) mass is 295 g/mol. The van der Waals surface area contributed by atoms with Gasteiger partial charge in [-0.2, -0.15) is 4.98 Å². The number of ether oxygens (including phenoxy) is 1. The van der Waals surface area contributed by atoms with Crippen molar-refractivity contribution in [3.63, 3.8) is 0 Å². The van der Waals surface area contributed by atoms with Crippen LogP contribution in [0.2, 0.25) is 0 Å². The Morgan fingerprint density at radius 3 is 2.78 bits per heavy atom. The Bertz CT molecular complexity index is 507. The number of hydrogen-bond donors (Lipinski definition) is 3. The third-order valence-corrected chi connectivity index (χ3v) is 3.48. The molecule has 9 heteroatoms. The van der Waals surface area contributed by atoms with E-state index in [1.165, 1.54) is 12.3 Å². The van der Waals surface area contributed by atoms with E-state index in [0.717, 1.165) is 4.57 Å². The Kier molecular flexibility index (Phi) is 3.52. The molecule has 7 nitrogen and oxygen atoms in total. The molecule has 3 atom stereocenters. The van der Waals surface area contributed by atoms with Crippen LogP contribution in [0.15, 0.2) is 17.1 Å². The molecule has 1 fully saturated rings. The van der Waals surface area contributed by atoms with Crippen LogP contribution in [-0.2, 0) is 4.74 Å². The molecule has 4 N–H and O–H groups in total. The minimum absolute atomic E-state index is 0.0447. The van der Waals surface area contributed by atoms with E-state index in [2.05, 4.69) is 4.98 Å². The molecule has 1 aromatic heterocycles. The molecule has 1 aliphatic rings. The predicted molar refractivity (Wildman–Crippen MR) is 64.3 cm³/mol. The average Bonchev–Trinajstić information content (AvgIpc) is 2.52. The number of nitrogens with zero attached hydrogens (tertiary/aromatic N) is 2. The quantitative estimate of drug-likeness (QED) is 0.619. The summed E-state index contributed by atoms with van der Waals surface area (Å²) in [6.07, 6.45) is -2.16. The molecular formula is C9H11Cl2N3O4. The van der Waals surface area contributed by atoms with Gasteiger partial charge in [0.05, 0.1) is 6.61 Å². The number of rotatable bonds is 2. The fourth-order valence-electron chi connectivity index (χ4n) is 1.72. The maximum absolute atomic E-state index is 11.6. The molecule has 1 aromatic rings. The highest BCUT2D eigenvalue weighted by molar-refractivity contribution is 6.49. The van der Waals surface area contributed by atoms with Gasteiger partial charge in [-0.3, -0.25) is 4.57 Å². The molecule has 0 radical (unpaired) electrons. The van der Waals surface area contributed by atoms with E-state index < -0.39 is 35.1 Å². The van der Waals surface area contributed by atoms with Crippen molar-refractivity contribution in [2.24, 2.45) is 0 Å². The fourth-order valence-corrected chi connectivity index (χ4v) is 2.32. The van der Waals surface area contributed by atoms with Crippen LogP contribution < -0.4 is 11.4 Å². The van der Waals surface area contributed by atoms with Gasteiger partial charge >= 0.3 is 5.69 Å². The molecule has 0 unspecified atom stereocenters. The smallest absolute Gasteiger partial charge is 0.351 e. The largest absolute Gasteiger partial charge is 0.394 e. The molecule has 0 amide bonds. The lowest BCUT2D eigenvalue weighted by atomic mass is 10.2. The molecule has 0 aromatic carbocycles. The van der Waals surface area contributed by atoms with E-state index in [1.807, 2.05) is 0 Å². The highest BCUT2D eigenvalue weighted by atomic mass is 35.5. The van der Waals surface area contributed by atoms with Crippen LogP contribution in [-0.4, -0.2) is 42.9 Å². The first-order chi connectivity index (χ1) is 8.37. The average molecular weight is 296 g/mol. The van der Waals surface area contributed by atoms with Crippen LogP contribution in [0, 0.1) is 0 Å². The first-order valence-corrected chi connectivity index (χ1v) is 5.80. The number of aromatic nitrogens is 2. The second-order valence-electron chi connectivity index (χ2n) is 3.87. The van der Waals surface area contributed by atoms with Crippen molar-refractivity contribution in [3.8, 4) is 0 Å². The molecule has 0 spiro atoms. The normalized spacial score (nSPS) is 30.6. The van der Waals surface area contributed by atoms with Gasteiger partial charge < -0.3 is 20.7 Å². The number of alkyl halides is 2. The highest BCUT2D eigenvalue weighted by Gasteiger charge is 2.55. The summed E-state index contributed by atoms with van der Waals surface area (Å²) in [6, 6.07) is 1.37. The highest BCUT2D eigenvalue weighted by Crippen LogP contribution is 2.45. The number of hydrogen-bond acceptors (Lipinski definition) is 6. The first kappa shape index (κ1) is 13.6. The second kappa shape index (κ2) is 4.67. The van der Waals surface area contributed by atoms with E-state index in [9.17, 15) is 9.90 Å². The van der Waals surface area contributed by atoms with Crippen molar-refractivity contribution in [2.45, 2.75) is 22.8 Å². The molecule has 0 saturated carbocycles. The Hall–Kier alpha value is -0.860. The van der Waals surface area contributed by atoms with Crippen molar-refractivity contribution < 1.29 is 14.9 Å². The van der Waals surface area contributed by atoms with Crippen LogP contribution in [0.5, 0.6) is 0 Å². The summed E-state index contributed by atoms with van der Waals surface area (Å²) in [7, 11) is 0. The van der Waals surface area contributed by atoms with Crippen LogP contribution in [0.25, 0.3) is 0 Å². The zero-order valence-electron chi connectivity index (χ0n) is 9.03. The summed E-state index contributed by atoms with van der Waals surface area (Å²) in [5.41, 5.74) is 4.64. The van der Waals surface area contributed by atoms with Crippen molar-refractivity contribution in [1.82, 2.24) is 9.55 Å². The lowest BCUT2D eigenvalue weighted by Gasteiger charge is -2.23. The molecule has 1 saturated heterocycles. The lowest BCUT2D eigenvalue weighted by Crippen LogP contribution is -2.40. The van der Waals surface area contributed by atoms with E-state index in [1.54, 1.807) is 0 Å². The minimum atomic E-state index is -1.77. The standard InChI is InChI=1S/C9H11Cl2N3O4/c10-9(11)6(16)4(3-15)18-7(9)14-2-1-5(12)13-8(14)17/h1-2,4,6-7,15-16H,3H2,(H2,12,13,17)/t4-,6+,7-/m1/s1. The summed E-state index contributed by atoms with van der Waals surface area (Å²) in [4.78, 5) is 15.2. The van der Waals surface area contributed by atoms with Gasteiger partial charge in [-0.15, -0.1) is 0 Å². The van der Waals surface area contributed by atoms with E-state index in [0.29, 0.717) is 0 Å². The van der Waals surface area contributed by atoms with Crippen molar-refractivity contribution in [2.75, 3.05) is 12.3 Å². The van der Waals surface area contributed by atoms with Crippen molar-refractivity contribution in [3.05, 3.63) is 22.7 Å². The van der Waals surface area contributed by atoms with E-state index >= 15 is 0 Å². The number of aliphatic hydroxyl groups excluding tert-OH is 2. The molecule has 18 heavy (non-hydrogen) atoms. The second-order valence-corrected chi connectivity index (χ2v) is 5.32. The Morgan fingerprint density at radius 1 is 1.61 bits per heavy atom. The number of nitrogen functional groups attached to an aromatic ring is 1. The molecular weight excluding hydrogens is 285 g/mol. The number of aliphatic hydroxyl groups is 2. The van der Waals surface area contributed by atoms with Crippen LogP contribution in [0.4, 0.5) is 5.82 Å². The maximum Gasteiger partial charge on any atom is 0.351 e. The van der Waals surface area contributed by atoms with Gasteiger partial charge in [0.2, 0.25) is 0 Å². The SMILES string of the molecule is Nc1ccn([C@@H]2O[C@H](CO)[C@H](O)C2(Cl)Cl)c(=O)n1. The summed E-state index contributed by atoms with van der Waals surface area (Å²) in [5, 5.41) is 18.8. The van der Waals surface area contributed by atoms with Crippen LogP contribution in [0.1, 0.15) is 6.23 Å². The van der Waals surface area contributed by atoms with Gasteiger partial charge in [-0.05, 0) is 6.07 Å². The fraction of sp³-hybridized carbons (Fsp3) is 0.556. The Balaban J connectivity index is 2.42. The predicted octanol–water partition coefficient (Wildman–Crippen LogP) is -0.750. The first-order valence-electron chi connectivity index (χ1n) is 5.04.